The minimum absolute atomic E-state index is 0.598. The lowest BCUT2D eigenvalue weighted by molar-refractivity contribution is 0.975. The molecule has 0 aliphatic carbocycles. The van der Waals surface area contributed by atoms with Gasteiger partial charge in [-0.15, -0.1) is 0 Å². The topological polar surface area (TPSA) is 50.7 Å². The van der Waals surface area contributed by atoms with Gasteiger partial charge < -0.3 is 5.32 Å². The maximum Gasteiger partial charge on any atom is 0.140 e. The van der Waals surface area contributed by atoms with E-state index in [0.717, 1.165) is 26.2 Å². The molecule has 0 aromatic carbocycles. The molecule has 4 nitrogen and oxygen atoms in total. The van der Waals surface area contributed by atoms with Crippen LogP contribution in [0.3, 0.4) is 0 Å². The highest BCUT2D eigenvalue weighted by Crippen LogP contribution is 2.23. The number of hydrogen-bond acceptors (Lipinski definition) is 4. The van der Waals surface area contributed by atoms with Crippen molar-refractivity contribution in [2.75, 3.05) is 5.32 Å². The molecule has 1 N–H and O–H groups in total. The van der Waals surface area contributed by atoms with Gasteiger partial charge in [0, 0.05) is 16.9 Å². The minimum atomic E-state index is 0.598. The molecule has 6 heteroatoms. The average Bonchev–Trinajstić information content (AvgIpc) is 2.30. The summed E-state index contributed by atoms with van der Waals surface area (Å²) in [6.45, 7) is 2.51. The number of hydrogen-bond donors (Lipinski definition) is 1. The van der Waals surface area contributed by atoms with Gasteiger partial charge in [0.15, 0.2) is 0 Å². The van der Waals surface area contributed by atoms with Crippen molar-refractivity contribution in [3.8, 4) is 0 Å². The van der Waals surface area contributed by atoms with Crippen molar-refractivity contribution in [3.05, 3.63) is 45.0 Å². The van der Waals surface area contributed by atoms with Crippen molar-refractivity contribution < 1.29 is 0 Å². The quantitative estimate of drug-likeness (QED) is 0.915. The monoisotopic (exact) mass is 356 g/mol. The van der Waals surface area contributed by atoms with E-state index in [1.54, 1.807) is 18.6 Å². The first-order valence-electron chi connectivity index (χ1n) is 4.97. The molecule has 17 heavy (non-hydrogen) atoms. The maximum atomic E-state index is 4.26. The predicted molar refractivity (Wildman–Crippen MR) is 73.7 cm³/mol. The zero-order valence-corrected chi connectivity index (χ0v) is 12.3. The smallest absolute Gasteiger partial charge is 0.140 e. The van der Waals surface area contributed by atoms with E-state index in [2.05, 4.69) is 52.1 Å². The Morgan fingerprint density at radius 1 is 1.12 bits per heavy atom. The lowest BCUT2D eigenvalue weighted by Gasteiger charge is -2.07. The summed E-state index contributed by atoms with van der Waals surface area (Å²) in [4.78, 5) is 12.7. The fourth-order valence-electron chi connectivity index (χ4n) is 1.23. The predicted octanol–water partition coefficient (Wildman–Crippen LogP) is 3.32. The van der Waals surface area contributed by atoms with E-state index >= 15 is 0 Å². The molecule has 2 aromatic heterocycles. The van der Waals surface area contributed by atoms with Gasteiger partial charge in [-0.1, -0.05) is 0 Å². The molecule has 0 spiro atoms. The molecular formula is C11H10Br2N4. The fourth-order valence-corrected chi connectivity index (χ4v) is 2.36. The van der Waals surface area contributed by atoms with Gasteiger partial charge in [0.05, 0.1) is 28.6 Å². The van der Waals surface area contributed by atoms with Crippen LogP contribution in [0.25, 0.3) is 0 Å². The number of aryl methyl sites for hydroxylation is 1. The lowest BCUT2D eigenvalue weighted by Crippen LogP contribution is -2.04. The molecule has 0 aliphatic heterocycles. The van der Waals surface area contributed by atoms with E-state index in [0.29, 0.717) is 6.54 Å². The van der Waals surface area contributed by atoms with E-state index < -0.39 is 0 Å². The summed E-state index contributed by atoms with van der Waals surface area (Å²) >= 11 is 6.80. The van der Waals surface area contributed by atoms with E-state index in [4.69, 9.17) is 0 Å². The molecule has 0 amide bonds. The van der Waals surface area contributed by atoms with Gasteiger partial charge in [-0.25, -0.2) is 4.98 Å². The Balaban J connectivity index is 2.04. The third-order valence-electron chi connectivity index (χ3n) is 2.08. The Kier molecular flexibility index (Phi) is 4.06. The number of rotatable bonds is 3. The second-order valence-corrected chi connectivity index (χ2v) is 5.26. The van der Waals surface area contributed by atoms with Crippen LogP contribution < -0.4 is 5.32 Å². The summed E-state index contributed by atoms with van der Waals surface area (Å²) < 4.78 is 1.84. The third kappa shape index (κ3) is 3.47. The van der Waals surface area contributed by atoms with Gasteiger partial charge in [-0.3, -0.25) is 9.97 Å². The van der Waals surface area contributed by atoms with Crippen LogP contribution >= 0.6 is 31.9 Å². The van der Waals surface area contributed by atoms with Crippen molar-refractivity contribution in [2.24, 2.45) is 0 Å². The van der Waals surface area contributed by atoms with Crippen molar-refractivity contribution in [1.29, 1.82) is 0 Å². The molecule has 0 atom stereocenters. The Morgan fingerprint density at radius 3 is 2.59 bits per heavy atom. The van der Waals surface area contributed by atoms with E-state index in [-0.39, 0.29) is 0 Å². The summed E-state index contributed by atoms with van der Waals surface area (Å²) in [6, 6.07) is 1.94. The second kappa shape index (κ2) is 5.55. The van der Waals surface area contributed by atoms with E-state index in [1.807, 2.05) is 13.0 Å². The zero-order chi connectivity index (χ0) is 12.3. The van der Waals surface area contributed by atoms with Crippen LogP contribution in [0.15, 0.2) is 33.6 Å². The SMILES string of the molecule is Cc1cnc(CNc2ncc(Br)cc2Br)cn1. The van der Waals surface area contributed by atoms with Gasteiger partial charge in [-0.2, -0.15) is 0 Å². The number of aromatic nitrogens is 3. The van der Waals surface area contributed by atoms with Gasteiger partial charge in [0.25, 0.3) is 0 Å². The first-order chi connectivity index (χ1) is 8.15. The molecule has 0 aliphatic rings. The average molecular weight is 358 g/mol. The normalized spacial score (nSPS) is 10.3. The summed E-state index contributed by atoms with van der Waals surface area (Å²) in [7, 11) is 0. The second-order valence-electron chi connectivity index (χ2n) is 3.49. The van der Waals surface area contributed by atoms with Gasteiger partial charge >= 0.3 is 0 Å². The summed E-state index contributed by atoms with van der Waals surface area (Å²) in [5.74, 6) is 0.788. The van der Waals surface area contributed by atoms with E-state index in [9.17, 15) is 0 Å². The largest absolute Gasteiger partial charge is 0.363 e. The van der Waals surface area contributed by atoms with Crippen molar-refractivity contribution in [2.45, 2.75) is 13.5 Å². The molecule has 0 bridgehead atoms. The van der Waals surface area contributed by atoms with Crippen LogP contribution in [0, 0.1) is 6.92 Å². The number of anilines is 1. The van der Waals surface area contributed by atoms with Crippen LogP contribution in [-0.4, -0.2) is 15.0 Å². The Morgan fingerprint density at radius 2 is 1.94 bits per heavy atom. The molecule has 0 saturated heterocycles. The minimum Gasteiger partial charge on any atom is -0.363 e. The molecule has 0 unspecified atom stereocenters. The highest BCUT2D eigenvalue weighted by atomic mass is 79.9. The molecule has 2 heterocycles. The number of nitrogens with zero attached hydrogens (tertiary/aromatic N) is 3. The summed E-state index contributed by atoms with van der Waals surface area (Å²) in [5, 5.41) is 3.19. The Bertz CT molecular complexity index is 513. The van der Waals surface area contributed by atoms with Crippen LogP contribution in [0.2, 0.25) is 0 Å². The van der Waals surface area contributed by atoms with Crippen molar-refractivity contribution in [3.63, 3.8) is 0 Å². The first kappa shape index (κ1) is 12.4. The molecule has 0 saturated carbocycles. The molecule has 88 valence electrons. The standard InChI is InChI=1S/C11H10Br2N4/c1-7-3-15-9(5-14-7)6-17-11-10(13)2-8(12)4-16-11/h2-5H,6H2,1H3,(H,16,17). The molecule has 2 aromatic rings. The van der Waals surface area contributed by atoms with Crippen molar-refractivity contribution in [1.82, 2.24) is 15.0 Å². The van der Waals surface area contributed by atoms with Crippen LogP contribution in [0.4, 0.5) is 5.82 Å². The summed E-state index contributed by atoms with van der Waals surface area (Å²) in [6.07, 6.45) is 5.25. The molecule has 0 radical (unpaired) electrons. The van der Waals surface area contributed by atoms with Gasteiger partial charge in [0.1, 0.15) is 5.82 Å². The van der Waals surface area contributed by atoms with E-state index in [1.165, 1.54) is 0 Å². The number of pyridine rings is 1. The van der Waals surface area contributed by atoms with Gasteiger partial charge in [-0.05, 0) is 44.8 Å². The van der Waals surface area contributed by atoms with Gasteiger partial charge in [0.2, 0.25) is 0 Å². The molecule has 2 rings (SSSR count). The highest BCUT2D eigenvalue weighted by Gasteiger charge is 2.02. The summed E-state index contributed by atoms with van der Waals surface area (Å²) in [5.41, 5.74) is 1.80. The lowest BCUT2D eigenvalue weighted by atomic mass is 10.4. The number of nitrogens with one attached hydrogen (secondary N) is 1. The fraction of sp³-hybridized carbons (Fsp3) is 0.182. The Labute approximate surface area is 116 Å². The Hall–Kier alpha value is -1.01. The van der Waals surface area contributed by atoms with Crippen molar-refractivity contribution >= 4 is 37.7 Å². The molecular weight excluding hydrogens is 348 g/mol. The van der Waals surface area contributed by atoms with Crippen LogP contribution in [-0.2, 0) is 6.54 Å². The third-order valence-corrected chi connectivity index (χ3v) is 3.12. The first-order valence-corrected chi connectivity index (χ1v) is 6.56. The molecule has 0 fully saturated rings. The zero-order valence-electron chi connectivity index (χ0n) is 9.11. The van der Waals surface area contributed by atoms with Crippen LogP contribution in [0.1, 0.15) is 11.4 Å². The highest BCUT2D eigenvalue weighted by molar-refractivity contribution is 9.11. The van der Waals surface area contributed by atoms with Crippen LogP contribution in [0.5, 0.6) is 0 Å². The maximum absolute atomic E-state index is 4.26. The number of halogens is 2.